The summed E-state index contributed by atoms with van der Waals surface area (Å²) in [6, 6.07) is 19.2. The molecule has 0 radical (unpaired) electrons. The van der Waals surface area contributed by atoms with Crippen molar-refractivity contribution in [3.05, 3.63) is 77.2 Å². The van der Waals surface area contributed by atoms with Crippen LogP contribution in [-0.4, -0.2) is 11.1 Å². The molecule has 0 saturated heterocycles. The van der Waals surface area contributed by atoms with Crippen molar-refractivity contribution in [3.8, 4) is 0 Å². The number of nitrogens with zero attached hydrogens (tertiary/aromatic N) is 2. The summed E-state index contributed by atoms with van der Waals surface area (Å²) < 4.78 is 0. The molecule has 0 spiro atoms. The summed E-state index contributed by atoms with van der Waals surface area (Å²) in [7, 11) is 0. The summed E-state index contributed by atoms with van der Waals surface area (Å²) in [5.74, 6) is -1.11. The van der Waals surface area contributed by atoms with Crippen molar-refractivity contribution in [1.82, 2.24) is 0 Å². The molecular formula is C17H12N2O3. The Bertz CT molecular complexity index is 847. The van der Waals surface area contributed by atoms with Crippen molar-refractivity contribution < 1.29 is 9.90 Å². The fourth-order valence-electron chi connectivity index (χ4n) is 2.44. The lowest BCUT2D eigenvalue weighted by Gasteiger charge is -2.19. The third-order valence-corrected chi connectivity index (χ3v) is 3.43. The number of fused-ring (bicyclic) bond motifs is 1. The zero-order chi connectivity index (χ0) is 15.5. The number of para-hydroxylation sites is 1. The molecule has 3 rings (SSSR count). The van der Waals surface area contributed by atoms with Gasteiger partial charge in [0.2, 0.25) is 0 Å². The summed E-state index contributed by atoms with van der Waals surface area (Å²) in [5, 5.41) is 15.1. The molecule has 0 amide bonds. The molecule has 5 heteroatoms. The summed E-state index contributed by atoms with van der Waals surface area (Å²) in [6.07, 6.45) is 0. The molecule has 0 aliphatic rings. The molecule has 0 bridgehead atoms. The van der Waals surface area contributed by atoms with Crippen molar-refractivity contribution in [2.75, 3.05) is 5.01 Å². The van der Waals surface area contributed by atoms with Gasteiger partial charge in [0.05, 0.1) is 22.2 Å². The van der Waals surface area contributed by atoms with Crippen LogP contribution in [0.3, 0.4) is 0 Å². The number of anilines is 2. The first kappa shape index (κ1) is 13.8. The highest BCUT2D eigenvalue weighted by atomic mass is 16.4. The van der Waals surface area contributed by atoms with Crippen molar-refractivity contribution >= 4 is 28.1 Å². The smallest absolute Gasteiger partial charge is 0.337 e. The second-order valence-electron chi connectivity index (χ2n) is 4.72. The van der Waals surface area contributed by atoms with Gasteiger partial charge in [0.1, 0.15) is 0 Å². The van der Waals surface area contributed by atoms with Gasteiger partial charge < -0.3 is 5.11 Å². The van der Waals surface area contributed by atoms with E-state index in [1.54, 1.807) is 42.5 Å². The van der Waals surface area contributed by atoms with E-state index in [2.05, 4.69) is 5.29 Å². The van der Waals surface area contributed by atoms with Crippen molar-refractivity contribution in [1.29, 1.82) is 0 Å². The molecule has 22 heavy (non-hydrogen) atoms. The Labute approximate surface area is 126 Å². The number of benzene rings is 3. The maximum atomic E-state index is 11.5. The maximum absolute atomic E-state index is 11.5. The van der Waals surface area contributed by atoms with Crippen LogP contribution < -0.4 is 5.01 Å². The summed E-state index contributed by atoms with van der Waals surface area (Å²) in [5.41, 5.74) is 0.810. The number of nitroso groups, excluding NO2 is 1. The molecule has 108 valence electrons. The number of carboxylic acids is 1. The maximum Gasteiger partial charge on any atom is 0.337 e. The predicted molar refractivity (Wildman–Crippen MR) is 85.3 cm³/mol. The minimum absolute atomic E-state index is 0.0298. The lowest BCUT2D eigenvalue weighted by Crippen LogP contribution is -2.13. The van der Waals surface area contributed by atoms with Gasteiger partial charge in [0.15, 0.2) is 0 Å². The molecule has 0 unspecified atom stereocenters. The highest BCUT2D eigenvalue weighted by Crippen LogP contribution is 2.35. The average molecular weight is 292 g/mol. The quantitative estimate of drug-likeness (QED) is 0.573. The Morgan fingerprint density at radius 2 is 1.59 bits per heavy atom. The fourth-order valence-corrected chi connectivity index (χ4v) is 2.44. The van der Waals surface area contributed by atoms with Crippen LogP contribution in [0.2, 0.25) is 0 Å². The molecule has 3 aromatic rings. The molecule has 5 nitrogen and oxygen atoms in total. The van der Waals surface area contributed by atoms with E-state index in [0.717, 1.165) is 10.4 Å². The van der Waals surface area contributed by atoms with E-state index in [9.17, 15) is 14.8 Å². The Morgan fingerprint density at radius 1 is 0.909 bits per heavy atom. The topological polar surface area (TPSA) is 70.0 Å². The zero-order valence-corrected chi connectivity index (χ0v) is 11.5. The number of hydrogen-bond acceptors (Lipinski definition) is 3. The van der Waals surface area contributed by atoms with Crippen LogP contribution in [0.25, 0.3) is 10.8 Å². The van der Waals surface area contributed by atoms with Gasteiger partial charge >= 0.3 is 5.97 Å². The average Bonchev–Trinajstić information content (AvgIpc) is 2.56. The number of rotatable bonds is 4. The first-order valence-electron chi connectivity index (χ1n) is 6.66. The van der Waals surface area contributed by atoms with Gasteiger partial charge in [-0.3, -0.25) is 0 Å². The molecule has 0 aliphatic carbocycles. The van der Waals surface area contributed by atoms with Crippen molar-refractivity contribution in [3.63, 3.8) is 0 Å². The molecule has 0 aliphatic heterocycles. The molecular weight excluding hydrogens is 280 g/mol. The molecule has 0 atom stereocenters. The third kappa shape index (κ3) is 2.29. The first-order chi connectivity index (χ1) is 10.7. The van der Waals surface area contributed by atoms with Crippen molar-refractivity contribution in [2.24, 2.45) is 5.29 Å². The van der Waals surface area contributed by atoms with E-state index in [4.69, 9.17) is 0 Å². The molecule has 0 heterocycles. The zero-order valence-electron chi connectivity index (χ0n) is 11.5. The van der Waals surface area contributed by atoms with E-state index in [1.807, 2.05) is 18.2 Å². The predicted octanol–water partition coefficient (Wildman–Crippen LogP) is 4.36. The molecule has 3 aromatic carbocycles. The second kappa shape index (κ2) is 5.65. The number of carboxylic acid groups (broad SMARTS) is 1. The molecule has 0 fully saturated rings. The van der Waals surface area contributed by atoms with E-state index in [-0.39, 0.29) is 11.3 Å². The third-order valence-electron chi connectivity index (χ3n) is 3.43. The highest BCUT2D eigenvalue weighted by Gasteiger charge is 2.21. The second-order valence-corrected chi connectivity index (χ2v) is 4.72. The van der Waals surface area contributed by atoms with Crippen LogP contribution in [0.1, 0.15) is 10.4 Å². The largest absolute Gasteiger partial charge is 0.478 e. The normalized spacial score (nSPS) is 10.4. The van der Waals surface area contributed by atoms with E-state index in [1.165, 1.54) is 6.07 Å². The Kier molecular flexibility index (Phi) is 3.53. The van der Waals surface area contributed by atoms with E-state index < -0.39 is 5.97 Å². The summed E-state index contributed by atoms with van der Waals surface area (Å²) in [4.78, 5) is 23.0. The van der Waals surface area contributed by atoms with Crippen molar-refractivity contribution in [2.45, 2.75) is 0 Å². The van der Waals surface area contributed by atoms with Gasteiger partial charge in [0.25, 0.3) is 0 Å². The van der Waals surface area contributed by atoms with Gasteiger partial charge in [-0.1, -0.05) is 48.5 Å². The SMILES string of the molecule is O=NN(c1ccccc1)c1c(C(=O)O)ccc2ccccc12. The number of aromatic carboxylic acids is 1. The monoisotopic (exact) mass is 292 g/mol. The highest BCUT2D eigenvalue weighted by molar-refractivity contribution is 6.07. The van der Waals surface area contributed by atoms with Crippen LogP contribution in [0.4, 0.5) is 11.4 Å². The fraction of sp³-hybridized carbons (Fsp3) is 0. The number of carbonyl (C=O) groups is 1. The Morgan fingerprint density at radius 3 is 2.27 bits per heavy atom. The van der Waals surface area contributed by atoms with Gasteiger partial charge in [0, 0.05) is 5.39 Å². The summed E-state index contributed by atoms with van der Waals surface area (Å²) >= 11 is 0. The van der Waals surface area contributed by atoms with E-state index >= 15 is 0 Å². The molecule has 0 saturated carbocycles. The minimum atomic E-state index is -1.11. The van der Waals surface area contributed by atoms with Crippen LogP contribution in [0, 0.1) is 4.91 Å². The molecule has 0 aromatic heterocycles. The Balaban J connectivity index is 2.33. The Hall–Kier alpha value is -3.21. The van der Waals surface area contributed by atoms with Gasteiger partial charge in [-0.2, -0.15) is 5.01 Å². The van der Waals surface area contributed by atoms with Crippen LogP contribution >= 0.6 is 0 Å². The number of hydrogen-bond donors (Lipinski definition) is 1. The lowest BCUT2D eigenvalue weighted by molar-refractivity contribution is 0.0698. The lowest BCUT2D eigenvalue weighted by atomic mass is 10.0. The van der Waals surface area contributed by atoms with Gasteiger partial charge in [-0.15, -0.1) is 4.91 Å². The van der Waals surface area contributed by atoms with Crippen LogP contribution in [0.15, 0.2) is 72.0 Å². The van der Waals surface area contributed by atoms with E-state index in [0.29, 0.717) is 11.1 Å². The van der Waals surface area contributed by atoms with Gasteiger partial charge in [-0.25, -0.2) is 4.79 Å². The summed E-state index contributed by atoms with van der Waals surface area (Å²) in [6.45, 7) is 0. The standard InChI is InChI=1S/C17H12N2O3/c20-17(21)15-11-10-12-6-4-5-9-14(12)16(15)19(18-22)13-7-2-1-3-8-13/h1-11H,(H,20,21). The first-order valence-corrected chi connectivity index (χ1v) is 6.66. The van der Waals surface area contributed by atoms with Gasteiger partial charge in [-0.05, 0) is 23.6 Å². The van der Waals surface area contributed by atoms with Crippen LogP contribution in [0.5, 0.6) is 0 Å². The van der Waals surface area contributed by atoms with Crippen LogP contribution in [-0.2, 0) is 0 Å². The molecule has 1 N–H and O–H groups in total. The minimum Gasteiger partial charge on any atom is -0.478 e.